The third-order valence-electron chi connectivity index (χ3n) is 4.13. The SMILES string of the molecule is C(=N\c1ccccc1)/c1ccc(C2CCCCC2)cc1. The minimum absolute atomic E-state index is 0.781. The Hall–Kier alpha value is -1.89. The molecule has 3 rings (SSSR count). The summed E-state index contributed by atoms with van der Waals surface area (Å²) < 4.78 is 0. The molecule has 1 aliphatic carbocycles. The first-order valence-corrected chi connectivity index (χ1v) is 7.61. The van der Waals surface area contributed by atoms with E-state index in [0.29, 0.717) is 0 Å². The van der Waals surface area contributed by atoms with Crippen molar-refractivity contribution in [2.75, 3.05) is 0 Å². The molecule has 0 aromatic heterocycles. The van der Waals surface area contributed by atoms with Crippen molar-refractivity contribution >= 4 is 11.9 Å². The molecule has 0 bridgehead atoms. The number of aliphatic imine (C=N–C) groups is 1. The monoisotopic (exact) mass is 263 g/mol. The molecular formula is C19H21N. The van der Waals surface area contributed by atoms with Gasteiger partial charge in [-0.2, -0.15) is 0 Å². The van der Waals surface area contributed by atoms with Crippen molar-refractivity contribution in [1.29, 1.82) is 0 Å². The lowest BCUT2D eigenvalue weighted by atomic mass is 9.84. The Bertz CT molecular complexity index is 548. The van der Waals surface area contributed by atoms with Gasteiger partial charge in [0.15, 0.2) is 0 Å². The molecule has 1 heteroatoms. The first-order valence-electron chi connectivity index (χ1n) is 7.61. The van der Waals surface area contributed by atoms with Crippen LogP contribution in [0.1, 0.15) is 49.1 Å². The summed E-state index contributed by atoms with van der Waals surface area (Å²) in [5.41, 5.74) is 3.68. The molecule has 1 nitrogen and oxygen atoms in total. The predicted octanol–water partition coefficient (Wildman–Crippen LogP) is 5.48. The van der Waals surface area contributed by atoms with Crippen LogP contribution < -0.4 is 0 Å². The maximum Gasteiger partial charge on any atom is 0.0629 e. The van der Waals surface area contributed by atoms with Crippen molar-refractivity contribution in [3.63, 3.8) is 0 Å². The van der Waals surface area contributed by atoms with Crippen molar-refractivity contribution in [2.45, 2.75) is 38.0 Å². The van der Waals surface area contributed by atoms with Gasteiger partial charge in [-0.25, -0.2) is 0 Å². The third kappa shape index (κ3) is 3.36. The molecule has 0 unspecified atom stereocenters. The van der Waals surface area contributed by atoms with Crippen LogP contribution in [0.5, 0.6) is 0 Å². The van der Waals surface area contributed by atoms with Crippen molar-refractivity contribution in [1.82, 2.24) is 0 Å². The van der Waals surface area contributed by atoms with Gasteiger partial charge in [0.25, 0.3) is 0 Å². The molecule has 0 saturated heterocycles. The number of rotatable bonds is 3. The molecule has 1 saturated carbocycles. The zero-order chi connectivity index (χ0) is 13.6. The van der Waals surface area contributed by atoms with Crippen LogP contribution in [-0.2, 0) is 0 Å². The van der Waals surface area contributed by atoms with E-state index in [2.05, 4.69) is 29.3 Å². The Morgan fingerprint density at radius 2 is 1.50 bits per heavy atom. The van der Waals surface area contributed by atoms with Gasteiger partial charge >= 0.3 is 0 Å². The molecule has 20 heavy (non-hydrogen) atoms. The van der Waals surface area contributed by atoms with E-state index in [1.165, 1.54) is 43.2 Å². The molecule has 1 fully saturated rings. The van der Waals surface area contributed by atoms with Crippen LogP contribution >= 0.6 is 0 Å². The number of nitrogens with zero attached hydrogens (tertiary/aromatic N) is 1. The Labute approximate surface area is 121 Å². The average molecular weight is 263 g/mol. The average Bonchev–Trinajstić information content (AvgIpc) is 2.55. The van der Waals surface area contributed by atoms with Gasteiger partial charge in [0.1, 0.15) is 0 Å². The van der Waals surface area contributed by atoms with Gasteiger partial charge in [-0.1, -0.05) is 61.7 Å². The van der Waals surface area contributed by atoms with Gasteiger partial charge in [0, 0.05) is 6.21 Å². The summed E-state index contributed by atoms with van der Waals surface area (Å²) in [5, 5.41) is 0. The van der Waals surface area contributed by atoms with Gasteiger partial charge in [-0.15, -0.1) is 0 Å². The van der Waals surface area contributed by atoms with E-state index < -0.39 is 0 Å². The molecule has 102 valence electrons. The largest absolute Gasteiger partial charge is 0.256 e. The molecule has 0 atom stereocenters. The van der Waals surface area contributed by atoms with Crippen LogP contribution in [-0.4, -0.2) is 6.21 Å². The van der Waals surface area contributed by atoms with Crippen LogP contribution in [0.15, 0.2) is 59.6 Å². The summed E-state index contributed by atoms with van der Waals surface area (Å²) in [6.07, 6.45) is 8.86. The smallest absolute Gasteiger partial charge is 0.0629 e. The first kappa shape index (κ1) is 13.1. The molecule has 0 radical (unpaired) electrons. The lowest BCUT2D eigenvalue weighted by Crippen LogP contribution is -2.04. The summed E-state index contributed by atoms with van der Waals surface area (Å²) in [5.74, 6) is 0.781. The van der Waals surface area contributed by atoms with Crippen molar-refractivity contribution in [3.8, 4) is 0 Å². The summed E-state index contributed by atoms with van der Waals surface area (Å²) >= 11 is 0. The second kappa shape index (κ2) is 6.51. The van der Waals surface area contributed by atoms with E-state index in [-0.39, 0.29) is 0 Å². The Kier molecular flexibility index (Phi) is 4.27. The maximum atomic E-state index is 4.49. The van der Waals surface area contributed by atoms with Crippen molar-refractivity contribution < 1.29 is 0 Å². The molecule has 0 amide bonds. The lowest BCUT2D eigenvalue weighted by molar-refractivity contribution is 0.443. The minimum Gasteiger partial charge on any atom is -0.256 e. The topological polar surface area (TPSA) is 12.4 Å². The van der Waals surface area contributed by atoms with E-state index in [1.54, 1.807) is 0 Å². The number of hydrogen-bond acceptors (Lipinski definition) is 1. The van der Waals surface area contributed by atoms with Gasteiger partial charge in [0.2, 0.25) is 0 Å². The molecule has 0 aliphatic heterocycles. The Morgan fingerprint density at radius 1 is 0.800 bits per heavy atom. The molecule has 0 N–H and O–H groups in total. The highest BCUT2D eigenvalue weighted by molar-refractivity contribution is 5.81. The van der Waals surface area contributed by atoms with Crippen LogP contribution in [0.3, 0.4) is 0 Å². The maximum absolute atomic E-state index is 4.49. The van der Waals surface area contributed by atoms with Gasteiger partial charge in [0.05, 0.1) is 5.69 Å². The third-order valence-corrected chi connectivity index (χ3v) is 4.13. The second-order valence-electron chi connectivity index (χ2n) is 5.60. The van der Waals surface area contributed by atoms with Crippen LogP contribution in [0, 0.1) is 0 Å². The van der Waals surface area contributed by atoms with Gasteiger partial charge in [-0.3, -0.25) is 4.99 Å². The van der Waals surface area contributed by atoms with Gasteiger partial charge in [-0.05, 0) is 42.0 Å². The number of hydrogen-bond donors (Lipinski definition) is 0. The van der Waals surface area contributed by atoms with E-state index in [1.807, 2.05) is 36.5 Å². The van der Waals surface area contributed by atoms with E-state index >= 15 is 0 Å². The zero-order valence-electron chi connectivity index (χ0n) is 11.8. The fourth-order valence-electron chi connectivity index (χ4n) is 2.95. The highest BCUT2D eigenvalue weighted by Crippen LogP contribution is 2.32. The molecule has 0 heterocycles. The molecular weight excluding hydrogens is 242 g/mol. The Balaban J connectivity index is 1.68. The van der Waals surface area contributed by atoms with Crippen LogP contribution in [0.25, 0.3) is 0 Å². The highest BCUT2D eigenvalue weighted by atomic mass is 14.7. The number of para-hydroxylation sites is 1. The summed E-state index contributed by atoms with van der Waals surface area (Å²) in [4.78, 5) is 4.49. The minimum atomic E-state index is 0.781. The quantitative estimate of drug-likeness (QED) is 0.650. The summed E-state index contributed by atoms with van der Waals surface area (Å²) in [6, 6.07) is 19.0. The van der Waals surface area contributed by atoms with E-state index in [4.69, 9.17) is 0 Å². The first-order chi connectivity index (χ1) is 9.92. The van der Waals surface area contributed by atoms with Gasteiger partial charge < -0.3 is 0 Å². The molecule has 1 aliphatic rings. The second-order valence-corrected chi connectivity index (χ2v) is 5.60. The number of benzene rings is 2. The van der Waals surface area contributed by atoms with Crippen LogP contribution in [0.4, 0.5) is 5.69 Å². The summed E-state index contributed by atoms with van der Waals surface area (Å²) in [7, 11) is 0. The highest BCUT2D eigenvalue weighted by Gasteiger charge is 2.14. The predicted molar refractivity (Wildman–Crippen MR) is 86.0 cm³/mol. The standard InChI is InChI=1S/C19H21N/c1-3-7-17(8-4-1)18-13-11-16(12-14-18)15-20-19-9-5-2-6-10-19/h2,5-6,9-15,17H,1,3-4,7-8H2/b20-15+. The Morgan fingerprint density at radius 3 is 2.20 bits per heavy atom. The van der Waals surface area contributed by atoms with Crippen molar-refractivity contribution in [2.24, 2.45) is 4.99 Å². The van der Waals surface area contributed by atoms with E-state index in [0.717, 1.165) is 11.6 Å². The molecule has 0 spiro atoms. The van der Waals surface area contributed by atoms with Crippen LogP contribution in [0.2, 0.25) is 0 Å². The lowest BCUT2D eigenvalue weighted by Gasteiger charge is -2.21. The summed E-state index contributed by atoms with van der Waals surface area (Å²) in [6.45, 7) is 0. The zero-order valence-corrected chi connectivity index (χ0v) is 11.8. The van der Waals surface area contributed by atoms with E-state index in [9.17, 15) is 0 Å². The molecule has 2 aromatic rings. The van der Waals surface area contributed by atoms with Crippen molar-refractivity contribution in [3.05, 3.63) is 65.7 Å². The molecule has 2 aromatic carbocycles. The fourth-order valence-corrected chi connectivity index (χ4v) is 2.95. The normalized spacial score (nSPS) is 16.6. The fraction of sp³-hybridized carbons (Fsp3) is 0.316.